The van der Waals surface area contributed by atoms with Crippen LogP contribution in [0.5, 0.6) is 0 Å². The van der Waals surface area contributed by atoms with Gasteiger partial charge in [0.2, 0.25) is 5.95 Å². The van der Waals surface area contributed by atoms with Crippen LogP contribution < -0.4 is 5.73 Å². The number of fused-ring (bicyclic) bond motifs is 1. The molecule has 4 heteroatoms. The number of nitrogens with two attached hydrogens (primary N) is 1. The predicted octanol–water partition coefficient (Wildman–Crippen LogP) is 2.74. The molecule has 0 aliphatic carbocycles. The molecule has 0 atom stereocenters. The number of benzene rings is 1. The van der Waals surface area contributed by atoms with Gasteiger partial charge >= 0.3 is 0 Å². The second-order valence-electron chi connectivity index (χ2n) is 5.97. The lowest BCUT2D eigenvalue weighted by molar-refractivity contribution is 0.0163. The molecule has 19 heavy (non-hydrogen) atoms. The summed E-state index contributed by atoms with van der Waals surface area (Å²) in [4.78, 5) is 4.48. The molecule has 0 saturated carbocycles. The highest BCUT2D eigenvalue weighted by molar-refractivity contribution is 5.79. The normalized spacial score (nSPS) is 18.8. The molecule has 1 aliphatic rings. The lowest BCUT2D eigenvalue weighted by Crippen LogP contribution is -2.31. The zero-order valence-corrected chi connectivity index (χ0v) is 11.6. The Morgan fingerprint density at radius 3 is 2.84 bits per heavy atom. The molecule has 1 aromatic heterocycles. The first-order valence-electron chi connectivity index (χ1n) is 6.88. The van der Waals surface area contributed by atoms with Crippen LogP contribution in [0.1, 0.15) is 25.3 Å². The van der Waals surface area contributed by atoms with Crippen molar-refractivity contribution in [1.29, 1.82) is 0 Å². The minimum atomic E-state index is 0.255. The summed E-state index contributed by atoms with van der Waals surface area (Å²) in [7, 11) is 0. The molecule has 0 radical (unpaired) electrons. The summed E-state index contributed by atoms with van der Waals surface area (Å²) in [6.07, 6.45) is 2.16. The quantitative estimate of drug-likeness (QED) is 0.902. The summed E-state index contributed by atoms with van der Waals surface area (Å²) in [5, 5.41) is 0. The molecule has 2 heterocycles. The van der Waals surface area contributed by atoms with Crippen molar-refractivity contribution in [2.45, 2.75) is 33.2 Å². The number of aryl methyl sites for hydroxylation is 1. The van der Waals surface area contributed by atoms with Gasteiger partial charge in [-0.05, 0) is 42.9 Å². The monoisotopic (exact) mass is 259 g/mol. The third-order valence-electron chi connectivity index (χ3n) is 4.17. The topological polar surface area (TPSA) is 53.1 Å². The molecule has 1 aromatic carbocycles. The van der Waals surface area contributed by atoms with Crippen molar-refractivity contribution in [2.24, 2.45) is 5.41 Å². The van der Waals surface area contributed by atoms with Crippen molar-refractivity contribution in [2.75, 3.05) is 18.9 Å². The molecule has 2 N–H and O–H groups in total. The fourth-order valence-electron chi connectivity index (χ4n) is 2.83. The van der Waals surface area contributed by atoms with Crippen molar-refractivity contribution >= 4 is 17.0 Å². The standard InChI is InChI=1S/C15H21N3O/c1-11-3-4-13-12(9-11)17-14(16)18(13)10-15(2)5-7-19-8-6-15/h3-4,9H,5-8,10H2,1-2H3,(H2,16,17). The van der Waals surface area contributed by atoms with Gasteiger partial charge in [0, 0.05) is 19.8 Å². The molecule has 0 amide bonds. The summed E-state index contributed by atoms with van der Waals surface area (Å²) in [5.41, 5.74) is 9.70. The third kappa shape index (κ3) is 2.32. The number of anilines is 1. The van der Waals surface area contributed by atoms with Crippen LogP contribution in [0.25, 0.3) is 11.0 Å². The Morgan fingerprint density at radius 1 is 1.37 bits per heavy atom. The van der Waals surface area contributed by atoms with Crippen molar-refractivity contribution in [1.82, 2.24) is 9.55 Å². The molecule has 0 spiro atoms. The van der Waals surface area contributed by atoms with Crippen molar-refractivity contribution in [3.8, 4) is 0 Å². The molecule has 102 valence electrons. The maximum atomic E-state index is 6.10. The largest absolute Gasteiger partial charge is 0.381 e. The number of nitrogens with zero attached hydrogens (tertiary/aromatic N) is 2. The van der Waals surface area contributed by atoms with Crippen LogP contribution in [0.4, 0.5) is 5.95 Å². The maximum absolute atomic E-state index is 6.10. The number of imidazole rings is 1. The van der Waals surface area contributed by atoms with Gasteiger partial charge in [-0.25, -0.2) is 4.98 Å². The molecule has 2 aromatic rings. The molecule has 1 saturated heterocycles. The number of nitrogen functional groups attached to an aromatic ring is 1. The number of hydrogen-bond donors (Lipinski definition) is 1. The highest BCUT2D eigenvalue weighted by Crippen LogP contribution is 2.34. The van der Waals surface area contributed by atoms with Gasteiger partial charge < -0.3 is 15.0 Å². The average molecular weight is 259 g/mol. The molecule has 0 bridgehead atoms. The summed E-state index contributed by atoms with van der Waals surface area (Å²) in [6.45, 7) is 7.01. The van der Waals surface area contributed by atoms with E-state index in [-0.39, 0.29) is 5.41 Å². The van der Waals surface area contributed by atoms with Crippen LogP contribution in [0.15, 0.2) is 18.2 Å². The molecule has 3 rings (SSSR count). The van der Waals surface area contributed by atoms with E-state index in [2.05, 4.69) is 41.6 Å². The predicted molar refractivity (Wildman–Crippen MR) is 77.0 cm³/mol. The highest BCUT2D eigenvalue weighted by atomic mass is 16.5. The Morgan fingerprint density at radius 2 is 2.11 bits per heavy atom. The molecule has 0 unspecified atom stereocenters. The first-order valence-corrected chi connectivity index (χ1v) is 6.88. The van der Waals surface area contributed by atoms with Crippen LogP contribution in [-0.4, -0.2) is 22.8 Å². The van der Waals surface area contributed by atoms with Gasteiger partial charge in [-0.3, -0.25) is 0 Å². The van der Waals surface area contributed by atoms with Crippen molar-refractivity contribution in [3.63, 3.8) is 0 Å². The van der Waals surface area contributed by atoms with E-state index in [0.29, 0.717) is 5.95 Å². The summed E-state index contributed by atoms with van der Waals surface area (Å²) in [5.74, 6) is 0.619. The fourth-order valence-corrected chi connectivity index (χ4v) is 2.83. The Kier molecular flexibility index (Phi) is 2.97. The summed E-state index contributed by atoms with van der Waals surface area (Å²) >= 11 is 0. The molecule has 4 nitrogen and oxygen atoms in total. The SMILES string of the molecule is Cc1ccc2c(c1)nc(N)n2CC1(C)CCOCC1. The van der Waals surface area contributed by atoms with Crippen molar-refractivity contribution < 1.29 is 4.74 Å². The van der Waals surface area contributed by atoms with Gasteiger partial charge in [0.15, 0.2) is 0 Å². The Labute approximate surface area is 113 Å². The van der Waals surface area contributed by atoms with E-state index in [1.54, 1.807) is 0 Å². The second kappa shape index (κ2) is 4.53. The highest BCUT2D eigenvalue weighted by Gasteiger charge is 2.29. The lowest BCUT2D eigenvalue weighted by Gasteiger charge is -2.34. The van der Waals surface area contributed by atoms with E-state index >= 15 is 0 Å². The van der Waals surface area contributed by atoms with E-state index < -0.39 is 0 Å². The van der Waals surface area contributed by atoms with Crippen LogP contribution in [-0.2, 0) is 11.3 Å². The Balaban J connectivity index is 1.98. The van der Waals surface area contributed by atoms with Crippen molar-refractivity contribution in [3.05, 3.63) is 23.8 Å². The van der Waals surface area contributed by atoms with Crippen LogP contribution in [0.2, 0.25) is 0 Å². The van der Waals surface area contributed by atoms with Gasteiger partial charge in [0.25, 0.3) is 0 Å². The fraction of sp³-hybridized carbons (Fsp3) is 0.533. The molecule has 1 aliphatic heterocycles. The van der Waals surface area contributed by atoms with Crippen LogP contribution in [0.3, 0.4) is 0 Å². The number of hydrogen-bond acceptors (Lipinski definition) is 3. The van der Waals surface area contributed by atoms with Gasteiger partial charge in [-0.1, -0.05) is 13.0 Å². The zero-order valence-electron chi connectivity index (χ0n) is 11.6. The number of ether oxygens (including phenoxy) is 1. The lowest BCUT2D eigenvalue weighted by atomic mass is 9.82. The van der Waals surface area contributed by atoms with E-state index in [9.17, 15) is 0 Å². The number of rotatable bonds is 2. The minimum absolute atomic E-state index is 0.255. The van der Waals surface area contributed by atoms with Gasteiger partial charge in [-0.2, -0.15) is 0 Å². The zero-order chi connectivity index (χ0) is 13.5. The van der Waals surface area contributed by atoms with Crippen LogP contribution in [0, 0.1) is 12.3 Å². The maximum Gasteiger partial charge on any atom is 0.201 e. The molecular weight excluding hydrogens is 238 g/mol. The Bertz CT molecular complexity index is 597. The van der Waals surface area contributed by atoms with E-state index in [4.69, 9.17) is 10.5 Å². The van der Waals surface area contributed by atoms with Gasteiger partial charge in [0.05, 0.1) is 11.0 Å². The second-order valence-corrected chi connectivity index (χ2v) is 5.97. The first-order chi connectivity index (χ1) is 9.07. The Hall–Kier alpha value is -1.55. The third-order valence-corrected chi connectivity index (χ3v) is 4.17. The van der Waals surface area contributed by atoms with Crippen LogP contribution >= 0.6 is 0 Å². The average Bonchev–Trinajstić information content (AvgIpc) is 2.65. The van der Waals surface area contributed by atoms with E-state index in [0.717, 1.165) is 43.6 Å². The smallest absolute Gasteiger partial charge is 0.201 e. The summed E-state index contributed by atoms with van der Waals surface area (Å²) in [6, 6.07) is 6.33. The van der Waals surface area contributed by atoms with Gasteiger partial charge in [0.1, 0.15) is 0 Å². The van der Waals surface area contributed by atoms with Gasteiger partial charge in [-0.15, -0.1) is 0 Å². The minimum Gasteiger partial charge on any atom is -0.381 e. The number of aromatic nitrogens is 2. The summed E-state index contributed by atoms with van der Waals surface area (Å²) < 4.78 is 7.61. The molecular formula is C15H21N3O. The first kappa shape index (κ1) is 12.5. The molecule has 1 fully saturated rings. The van der Waals surface area contributed by atoms with E-state index in [1.165, 1.54) is 5.56 Å². The van der Waals surface area contributed by atoms with E-state index in [1.807, 2.05) is 0 Å².